The van der Waals surface area contributed by atoms with Crippen LogP contribution in [0.15, 0.2) is 109 Å². The molecule has 0 spiro atoms. The third-order valence-electron chi connectivity index (χ3n) is 5.17. The smallest absolute Gasteiger partial charge is 0.0968 e. The minimum absolute atomic E-state index is 0.753. The quantitative estimate of drug-likeness (QED) is 0.357. The van der Waals surface area contributed by atoms with Crippen molar-refractivity contribution < 1.29 is 0 Å². The highest BCUT2D eigenvalue weighted by Crippen LogP contribution is 2.29. The predicted octanol–water partition coefficient (Wildman–Crippen LogP) is 6.55. The maximum absolute atomic E-state index is 5.06. The summed E-state index contributed by atoms with van der Waals surface area (Å²) in [7, 11) is 0. The number of fused-ring (bicyclic) bond motifs is 1. The van der Waals surface area contributed by atoms with Gasteiger partial charge in [0.05, 0.1) is 17.1 Å². The molecule has 0 aliphatic rings. The van der Waals surface area contributed by atoms with Gasteiger partial charge in [0.15, 0.2) is 0 Å². The van der Waals surface area contributed by atoms with E-state index in [1.807, 2.05) is 42.6 Å². The van der Waals surface area contributed by atoms with E-state index >= 15 is 0 Å². The molecule has 4 aromatic carbocycles. The summed E-state index contributed by atoms with van der Waals surface area (Å²) in [6.07, 6.45) is 2.67. The van der Waals surface area contributed by atoms with Crippen LogP contribution >= 0.6 is 0 Å². The van der Waals surface area contributed by atoms with Crippen LogP contribution in [0.4, 0.5) is 0 Å². The first-order chi connectivity index (χ1) is 14.4. The SMILES string of the molecule is c1ccc(-c2ncc(Cc3cccc4ccccc34)nc2-c2ccccc2)cc1. The monoisotopic (exact) mass is 372 g/mol. The van der Waals surface area contributed by atoms with E-state index in [-0.39, 0.29) is 0 Å². The van der Waals surface area contributed by atoms with Gasteiger partial charge < -0.3 is 0 Å². The highest BCUT2D eigenvalue weighted by Gasteiger charge is 2.13. The first-order valence-electron chi connectivity index (χ1n) is 9.82. The van der Waals surface area contributed by atoms with Gasteiger partial charge in [0, 0.05) is 23.7 Å². The average Bonchev–Trinajstić information content (AvgIpc) is 2.80. The van der Waals surface area contributed by atoms with E-state index in [0.29, 0.717) is 0 Å². The summed E-state index contributed by atoms with van der Waals surface area (Å²) in [4.78, 5) is 9.90. The van der Waals surface area contributed by atoms with Crippen molar-refractivity contribution in [2.45, 2.75) is 6.42 Å². The number of hydrogen-bond acceptors (Lipinski definition) is 2. The van der Waals surface area contributed by atoms with Crippen molar-refractivity contribution in [2.24, 2.45) is 0 Å². The molecular formula is C27H20N2. The molecule has 0 saturated carbocycles. The van der Waals surface area contributed by atoms with Gasteiger partial charge in [0.2, 0.25) is 0 Å². The third-order valence-corrected chi connectivity index (χ3v) is 5.17. The topological polar surface area (TPSA) is 25.8 Å². The van der Waals surface area contributed by atoms with Gasteiger partial charge in [-0.05, 0) is 16.3 Å². The molecule has 0 bridgehead atoms. The molecule has 1 heterocycles. The van der Waals surface area contributed by atoms with Crippen molar-refractivity contribution in [1.82, 2.24) is 9.97 Å². The number of nitrogens with zero attached hydrogens (tertiary/aromatic N) is 2. The fraction of sp³-hybridized carbons (Fsp3) is 0.0370. The molecule has 5 aromatic rings. The molecular weight excluding hydrogens is 352 g/mol. The zero-order valence-electron chi connectivity index (χ0n) is 16.0. The van der Waals surface area contributed by atoms with Gasteiger partial charge >= 0.3 is 0 Å². The molecule has 138 valence electrons. The Hall–Kier alpha value is -3.78. The summed E-state index contributed by atoms with van der Waals surface area (Å²) < 4.78 is 0. The first kappa shape index (κ1) is 17.3. The van der Waals surface area contributed by atoms with Crippen LogP contribution in [0.5, 0.6) is 0 Å². The molecule has 0 aliphatic carbocycles. The van der Waals surface area contributed by atoms with Crippen LogP contribution in [0.25, 0.3) is 33.3 Å². The maximum Gasteiger partial charge on any atom is 0.0968 e. The number of aromatic nitrogens is 2. The van der Waals surface area contributed by atoms with Crippen LogP contribution in [0.2, 0.25) is 0 Å². The summed E-state index contributed by atoms with van der Waals surface area (Å²) in [6.45, 7) is 0. The lowest BCUT2D eigenvalue weighted by Crippen LogP contribution is -2.00. The molecule has 29 heavy (non-hydrogen) atoms. The molecule has 0 N–H and O–H groups in total. The highest BCUT2D eigenvalue weighted by atomic mass is 14.8. The lowest BCUT2D eigenvalue weighted by molar-refractivity contribution is 1.05. The van der Waals surface area contributed by atoms with E-state index in [4.69, 9.17) is 9.97 Å². The minimum Gasteiger partial charge on any atom is -0.252 e. The normalized spacial score (nSPS) is 10.9. The van der Waals surface area contributed by atoms with E-state index in [1.54, 1.807) is 0 Å². The molecule has 2 nitrogen and oxygen atoms in total. The summed E-state index contributed by atoms with van der Waals surface area (Å²) >= 11 is 0. The average molecular weight is 372 g/mol. The number of hydrogen-bond donors (Lipinski definition) is 0. The van der Waals surface area contributed by atoms with Crippen molar-refractivity contribution in [3.8, 4) is 22.5 Å². The van der Waals surface area contributed by atoms with Crippen molar-refractivity contribution in [1.29, 1.82) is 0 Å². The van der Waals surface area contributed by atoms with E-state index in [9.17, 15) is 0 Å². The molecule has 0 atom stereocenters. The second kappa shape index (κ2) is 7.69. The second-order valence-corrected chi connectivity index (χ2v) is 7.11. The van der Waals surface area contributed by atoms with Crippen molar-refractivity contribution in [3.63, 3.8) is 0 Å². The molecule has 0 unspecified atom stereocenters. The zero-order valence-corrected chi connectivity index (χ0v) is 16.0. The molecule has 0 saturated heterocycles. The number of rotatable bonds is 4. The standard InChI is InChI=1S/C27H20N2/c1-3-11-21(12-4-1)26-27(22-13-5-2-6-14-22)29-24(19-28-26)18-23-16-9-15-20-10-7-8-17-25(20)23/h1-17,19H,18H2. The molecule has 1 aromatic heterocycles. The van der Waals surface area contributed by atoms with Crippen molar-refractivity contribution >= 4 is 10.8 Å². The summed E-state index contributed by atoms with van der Waals surface area (Å²) in [5.41, 5.74) is 6.24. The Bertz CT molecular complexity index is 1260. The molecule has 0 amide bonds. The molecule has 0 radical (unpaired) electrons. The first-order valence-corrected chi connectivity index (χ1v) is 9.82. The predicted molar refractivity (Wildman–Crippen MR) is 120 cm³/mol. The van der Waals surface area contributed by atoms with Crippen LogP contribution in [-0.2, 0) is 6.42 Å². The Balaban J connectivity index is 1.62. The highest BCUT2D eigenvalue weighted by molar-refractivity contribution is 5.86. The van der Waals surface area contributed by atoms with Crippen LogP contribution in [0, 0.1) is 0 Å². The summed E-state index contributed by atoms with van der Waals surface area (Å²) in [6, 6.07) is 35.5. The second-order valence-electron chi connectivity index (χ2n) is 7.11. The largest absolute Gasteiger partial charge is 0.252 e. The maximum atomic E-state index is 5.06. The molecule has 0 fully saturated rings. The fourth-order valence-corrected chi connectivity index (χ4v) is 3.76. The zero-order chi connectivity index (χ0) is 19.5. The summed E-state index contributed by atoms with van der Waals surface area (Å²) in [5.74, 6) is 0. The summed E-state index contributed by atoms with van der Waals surface area (Å²) in [5, 5.41) is 2.52. The van der Waals surface area contributed by atoms with Gasteiger partial charge in [-0.1, -0.05) is 103 Å². The van der Waals surface area contributed by atoms with Gasteiger partial charge in [-0.25, -0.2) is 4.98 Å². The lowest BCUT2D eigenvalue weighted by Gasteiger charge is -2.12. The Morgan fingerprint density at radius 3 is 1.93 bits per heavy atom. The number of benzene rings is 4. The molecule has 2 heteroatoms. The van der Waals surface area contributed by atoms with E-state index in [2.05, 4.69) is 66.7 Å². The van der Waals surface area contributed by atoms with E-state index < -0.39 is 0 Å². The molecule has 0 aliphatic heterocycles. The Kier molecular flexibility index (Phi) is 4.59. The van der Waals surface area contributed by atoms with Crippen molar-refractivity contribution in [2.75, 3.05) is 0 Å². The Morgan fingerprint density at radius 2 is 1.17 bits per heavy atom. The van der Waals surface area contributed by atoms with Gasteiger partial charge in [-0.15, -0.1) is 0 Å². The van der Waals surface area contributed by atoms with Gasteiger partial charge in [-0.2, -0.15) is 0 Å². The van der Waals surface area contributed by atoms with Crippen LogP contribution in [-0.4, -0.2) is 9.97 Å². The van der Waals surface area contributed by atoms with Crippen molar-refractivity contribution in [3.05, 3.63) is 121 Å². The molecule has 5 rings (SSSR count). The van der Waals surface area contributed by atoms with Gasteiger partial charge in [-0.3, -0.25) is 4.98 Å². The van der Waals surface area contributed by atoms with Gasteiger partial charge in [0.25, 0.3) is 0 Å². The van der Waals surface area contributed by atoms with E-state index in [1.165, 1.54) is 16.3 Å². The Morgan fingerprint density at radius 1 is 0.552 bits per heavy atom. The minimum atomic E-state index is 0.753. The van der Waals surface area contributed by atoms with Gasteiger partial charge in [0.1, 0.15) is 0 Å². The Labute approximate surface area is 170 Å². The lowest BCUT2D eigenvalue weighted by atomic mass is 10.00. The van der Waals surface area contributed by atoms with Crippen LogP contribution < -0.4 is 0 Å². The van der Waals surface area contributed by atoms with E-state index in [0.717, 1.165) is 34.6 Å². The third kappa shape index (κ3) is 3.53. The van der Waals surface area contributed by atoms with Crippen LogP contribution in [0.3, 0.4) is 0 Å². The fourth-order valence-electron chi connectivity index (χ4n) is 3.76. The van der Waals surface area contributed by atoms with Crippen LogP contribution in [0.1, 0.15) is 11.3 Å².